The van der Waals surface area contributed by atoms with Crippen LogP contribution in [0.15, 0.2) is 40.9 Å². The summed E-state index contributed by atoms with van der Waals surface area (Å²) in [5.41, 5.74) is 0.332. The minimum absolute atomic E-state index is 0.0357. The molecule has 0 aliphatic rings. The second-order valence-electron chi connectivity index (χ2n) is 4.85. The van der Waals surface area contributed by atoms with Crippen LogP contribution in [0.4, 0.5) is 0 Å². The summed E-state index contributed by atoms with van der Waals surface area (Å²) >= 11 is 0. The van der Waals surface area contributed by atoms with Crippen LogP contribution >= 0.6 is 0 Å². The van der Waals surface area contributed by atoms with Gasteiger partial charge in [-0.15, -0.1) is 0 Å². The average Bonchev–Trinajstić information content (AvgIpc) is 3.04. The molecule has 0 atom stereocenters. The maximum atomic E-state index is 12.1. The molecule has 1 amide bonds. The molecular weight excluding hydrogens is 272 g/mol. The van der Waals surface area contributed by atoms with E-state index in [0.717, 1.165) is 5.56 Å². The molecule has 6 nitrogen and oxygen atoms in total. The highest BCUT2D eigenvalue weighted by Gasteiger charge is 2.30. The first kappa shape index (κ1) is 15.2. The predicted molar refractivity (Wildman–Crippen MR) is 76.6 cm³/mol. The molecule has 0 saturated heterocycles. The number of rotatable bonds is 6. The van der Waals surface area contributed by atoms with Crippen LogP contribution in [0.2, 0.25) is 0 Å². The summed E-state index contributed by atoms with van der Waals surface area (Å²) in [5, 5.41) is 25.1. The first-order valence-corrected chi connectivity index (χ1v) is 6.70. The van der Waals surface area contributed by atoms with Crippen molar-refractivity contribution < 1.29 is 19.5 Å². The number of aromatic nitrogens is 1. The van der Waals surface area contributed by atoms with Crippen LogP contribution in [0.3, 0.4) is 0 Å². The van der Waals surface area contributed by atoms with E-state index in [-0.39, 0.29) is 19.0 Å². The number of nitrogens with zero attached hydrogens (tertiary/aromatic N) is 1. The molecule has 0 fully saturated rings. The third-order valence-corrected chi connectivity index (χ3v) is 3.46. The molecule has 0 unspecified atom stereocenters. The molecule has 0 aliphatic carbocycles. The van der Waals surface area contributed by atoms with Gasteiger partial charge in [0.2, 0.25) is 5.76 Å². The standard InChI is InChI=1S/C15H18N2O4/c1-2-15(9-18,10-19)16-14(20)13-8-12(17-21-13)11-6-4-3-5-7-11/h3-8,18-19H,2,9-10H2,1H3,(H,16,20). The summed E-state index contributed by atoms with van der Waals surface area (Å²) in [7, 11) is 0. The Bertz CT molecular complexity index is 582. The van der Waals surface area contributed by atoms with Gasteiger partial charge in [-0.05, 0) is 6.42 Å². The van der Waals surface area contributed by atoms with Crippen LogP contribution in [0.5, 0.6) is 0 Å². The summed E-state index contributed by atoms with van der Waals surface area (Å²) < 4.78 is 5.03. The summed E-state index contributed by atoms with van der Waals surface area (Å²) in [6.07, 6.45) is 0.394. The Morgan fingerprint density at radius 1 is 1.29 bits per heavy atom. The maximum absolute atomic E-state index is 12.1. The molecule has 3 N–H and O–H groups in total. The largest absolute Gasteiger partial charge is 0.394 e. The number of benzene rings is 1. The van der Waals surface area contributed by atoms with Gasteiger partial charge in [-0.3, -0.25) is 4.79 Å². The zero-order valence-electron chi connectivity index (χ0n) is 11.7. The van der Waals surface area contributed by atoms with Gasteiger partial charge in [-0.2, -0.15) is 0 Å². The number of aliphatic hydroxyl groups excluding tert-OH is 2. The number of carbonyl (C=O) groups excluding carboxylic acids is 1. The second kappa shape index (κ2) is 6.51. The van der Waals surface area contributed by atoms with E-state index in [1.807, 2.05) is 30.3 Å². The highest BCUT2D eigenvalue weighted by atomic mass is 16.5. The van der Waals surface area contributed by atoms with Gasteiger partial charge in [0.1, 0.15) is 5.69 Å². The lowest BCUT2D eigenvalue weighted by Gasteiger charge is -2.28. The molecule has 21 heavy (non-hydrogen) atoms. The Hall–Kier alpha value is -2.18. The summed E-state index contributed by atoms with van der Waals surface area (Å²) in [6.45, 7) is 1.05. The Balaban J connectivity index is 2.16. The second-order valence-corrected chi connectivity index (χ2v) is 4.85. The molecule has 0 bridgehead atoms. The van der Waals surface area contributed by atoms with Gasteiger partial charge >= 0.3 is 0 Å². The average molecular weight is 290 g/mol. The van der Waals surface area contributed by atoms with Crippen molar-refractivity contribution in [3.8, 4) is 11.3 Å². The van der Waals surface area contributed by atoms with Crippen LogP contribution in [-0.4, -0.2) is 40.0 Å². The van der Waals surface area contributed by atoms with E-state index in [2.05, 4.69) is 10.5 Å². The summed E-state index contributed by atoms with van der Waals surface area (Å²) in [5.74, 6) is -0.483. The van der Waals surface area contributed by atoms with Crippen LogP contribution in [0.25, 0.3) is 11.3 Å². The van der Waals surface area contributed by atoms with E-state index < -0.39 is 11.4 Å². The van der Waals surface area contributed by atoms with Gasteiger partial charge in [-0.25, -0.2) is 0 Å². The molecule has 0 spiro atoms. The van der Waals surface area contributed by atoms with Crippen molar-refractivity contribution in [2.45, 2.75) is 18.9 Å². The van der Waals surface area contributed by atoms with Crippen LogP contribution in [0, 0.1) is 0 Å². The van der Waals surface area contributed by atoms with E-state index >= 15 is 0 Å². The van der Waals surface area contributed by atoms with Crippen molar-refractivity contribution in [1.82, 2.24) is 10.5 Å². The van der Waals surface area contributed by atoms with Crippen LogP contribution in [-0.2, 0) is 0 Å². The topological polar surface area (TPSA) is 95.6 Å². The predicted octanol–water partition coefficient (Wildman–Crippen LogP) is 1.20. The fraction of sp³-hybridized carbons (Fsp3) is 0.333. The van der Waals surface area contributed by atoms with E-state index in [9.17, 15) is 15.0 Å². The van der Waals surface area contributed by atoms with E-state index in [4.69, 9.17) is 4.52 Å². The van der Waals surface area contributed by atoms with Crippen molar-refractivity contribution >= 4 is 5.91 Å². The Morgan fingerprint density at radius 3 is 2.52 bits per heavy atom. The molecule has 0 radical (unpaired) electrons. The normalized spacial score (nSPS) is 11.4. The molecule has 1 heterocycles. The molecular formula is C15H18N2O4. The molecule has 112 valence electrons. The maximum Gasteiger partial charge on any atom is 0.290 e. The first-order chi connectivity index (χ1) is 10.1. The lowest BCUT2D eigenvalue weighted by atomic mass is 9.98. The minimum Gasteiger partial charge on any atom is -0.394 e. The third-order valence-electron chi connectivity index (χ3n) is 3.46. The van der Waals surface area contributed by atoms with Crippen molar-refractivity contribution in [2.75, 3.05) is 13.2 Å². The van der Waals surface area contributed by atoms with Gasteiger partial charge in [-0.1, -0.05) is 42.4 Å². The van der Waals surface area contributed by atoms with Gasteiger partial charge in [0, 0.05) is 11.6 Å². The number of nitrogens with one attached hydrogen (secondary N) is 1. The fourth-order valence-electron chi connectivity index (χ4n) is 1.87. The van der Waals surface area contributed by atoms with E-state index in [1.54, 1.807) is 6.92 Å². The summed E-state index contributed by atoms with van der Waals surface area (Å²) in [6, 6.07) is 10.9. The minimum atomic E-state index is -1.06. The molecule has 0 saturated carbocycles. The molecule has 1 aromatic heterocycles. The van der Waals surface area contributed by atoms with Crippen LogP contribution in [0.1, 0.15) is 23.9 Å². The molecule has 0 aliphatic heterocycles. The Kier molecular flexibility index (Phi) is 4.72. The van der Waals surface area contributed by atoms with Gasteiger partial charge < -0.3 is 20.1 Å². The van der Waals surface area contributed by atoms with Crippen molar-refractivity contribution in [1.29, 1.82) is 0 Å². The fourth-order valence-corrected chi connectivity index (χ4v) is 1.87. The van der Waals surface area contributed by atoms with Crippen molar-refractivity contribution in [3.05, 3.63) is 42.2 Å². The van der Waals surface area contributed by atoms with Gasteiger partial charge in [0.25, 0.3) is 5.91 Å². The number of aliphatic hydroxyl groups is 2. The molecule has 2 aromatic rings. The van der Waals surface area contributed by atoms with Crippen molar-refractivity contribution in [3.63, 3.8) is 0 Å². The smallest absolute Gasteiger partial charge is 0.290 e. The first-order valence-electron chi connectivity index (χ1n) is 6.70. The molecule has 2 rings (SSSR count). The SMILES string of the molecule is CCC(CO)(CO)NC(=O)c1cc(-c2ccccc2)no1. The summed E-state index contributed by atoms with van der Waals surface area (Å²) in [4.78, 5) is 12.1. The lowest BCUT2D eigenvalue weighted by molar-refractivity contribution is 0.0626. The number of carbonyl (C=O) groups is 1. The van der Waals surface area contributed by atoms with Gasteiger partial charge in [0.05, 0.1) is 18.8 Å². The van der Waals surface area contributed by atoms with Crippen LogP contribution < -0.4 is 5.32 Å². The third kappa shape index (κ3) is 3.29. The molecule has 6 heteroatoms. The lowest BCUT2D eigenvalue weighted by Crippen LogP contribution is -2.53. The number of hydrogen-bond acceptors (Lipinski definition) is 5. The van der Waals surface area contributed by atoms with E-state index in [0.29, 0.717) is 12.1 Å². The highest BCUT2D eigenvalue weighted by molar-refractivity contribution is 5.92. The Morgan fingerprint density at radius 2 is 1.95 bits per heavy atom. The highest BCUT2D eigenvalue weighted by Crippen LogP contribution is 2.19. The molecule has 1 aromatic carbocycles. The van der Waals surface area contributed by atoms with Crippen molar-refractivity contribution in [2.24, 2.45) is 0 Å². The quantitative estimate of drug-likeness (QED) is 0.743. The number of amides is 1. The zero-order chi connectivity index (χ0) is 15.3. The Labute approximate surface area is 122 Å². The monoisotopic (exact) mass is 290 g/mol. The zero-order valence-corrected chi connectivity index (χ0v) is 11.7. The number of hydrogen-bond donors (Lipinski definition) is 3. The van der Waals surface area contributed by atoms with E-state index in [1.165, 1.54) is 6.07 Å². The van der Waals surface area contributed by atoms with Gasteiger partial charge in [0.15, 0.2) is 0 Å².